The van der Waals surface area contributed by atoms with Crippen LogP contribution in [0.5, 0.6) is 0 Å². The van der Waals surface area contributed by atoms with Gasteiger partial charge in [0.25, 0.3) is 0 Å². The Hall–Kier alpha value is -3.03. The van der Waals surface area contributed by atoms with Crippen LogP contribution < -0.4 is 10.2 Å². The van der Waals surface area contributed by atoms with Crippen LogP contribution in [0.4, 0.5) is 11.8 Å². The minimum Gasteiger partial charge on any atom is -0.353 e. The molecule has 0 bridgehead atoms. The Kier molecular flexibility index (Phi) is 4.41. The lowest BCUT2D eigenvalue weighted by atomic mass is 10.3. The molecule has 2 aromatic heterocycles. The standard InChI is InChI=1S/C15H16N6O2/c22-13(19-15-17-6-3-7-18-15)14(23)21-10-8-20(9-11-21)12-4-1-2-5-16-12/h1-7H,8-11H2,(H,17,18,19,22). The second-order valence-corrected chi connectivity index (χ2v) is 4.99. The molecule has 8 nitrogen and oxygen atoms in total. The lowest BCUT2D eigenvalue weighted by molar-refractivity contribution is -0.143. The third-order valence-corrected chi connectivity index (χ3v) is 3.53. The smallest absolute Gasteiger partial charge is 0.316 e. The summed E-state index contributed by atoms with van der Waals surface area (Å²) in [5.41, 5.74) is 0. The molecule has 118 valence electrons. The summed E-state index contributed by atoms with van der Waals surface area (Å²) in [5.74, 6) is -0.291. The summed E-state index contributed by atoms with van der Waals surface area (Å²) in [6.07, 6.45) is 4.73. The molecule has 1 fully saturated rings. The van der Waals surface area contributed by atoms with Crippen LogP contribution in [0.2, 0.25) is 0 Å². The van der Waals surface area contributed by atoms with Crippen molar-refractivity contribution in [3.63, 3.8) is 0 Å². The number of hydrogen-bond donors (Lipinski definition) is 1. The first-order valence-electron chi connectivity index (χ1n) is 7.27. The zero-order chi connectivity index (χ0) is 16.1. The Bertz CT molecular complexity index is 671. The molecule has 0 radical (unpaired) electrons. The first-order chi connectivity index (χ1) is 11.2. The number of amides is 2. The van der Waals surface area contributed by atoms with Gasteiger partial charge in [-0.25, -0.2) is 15.0 Å². The van der Waals surface area contributed by atoms with Gasteiger partial charge in [0.15, 0.2) is 0 Å². The van der Waals surface area contributed by atoms with E-state index in [4.69, 9.17) is 0 Å². The predicted octanol–water partition coefficient (Wildman–Crippen LogP) is 0.159. The molecule has 0 aromatic carbocycles. The predicted molar refractivity (Wildman–Crippen MR) is 83.7 cm³/mol. The highest BCUT2D eigenvalue weighted by Gasteiger charge is 2.26. The van der Waals surface area contributed by atoms with Gasteiger partial charge in [0, 0.05) is 44.8 Å². The Balaban J connectivity index is 1.55. The SMILES string of the molecule is O=C(Nc1ncccn1)C(=O)N1CCN(c2ccccn2)CC1. The van der Waals surface area contributed by atoms with Crippen molar-refractivity contribution in [3.05, 3.63) is 42.9 Å². The van der Waals surface area contributed by atoms with Crippen molar-refractivity contribution in [2.24, 2.45) is 0 Å². The van der Waals surface area contributed by atoms with Gasteiger partial charge in [-0.05, 0) is 18.2 Å². The van der Waals surface area contributed by atoms with Crippen LogP contribution in [0.1, 0.15) is 0 Å². The lowest BCUT2D eigenvalue weighted by Gasteiger charge is -2.34. The van der Waals surface area contributed by atoms with Crippen molar-refractivity contribution < 1.29 is 9.59 Å². The number of anilines is 2. The molecule has 1 aliphatic rings. The summed E-state index contributed by atoms with van der Waals surface area (Å²) in [7, 11) is 0. The van der Waals surface area contributed by atoms with E-state index in [1.807, 2.05) is 18.2 Å². The molecule has 2 aromatic rings. The second kappa shape index (κ2) is 6.82. The van der Waals surface area contributed by atoms with E-state index in [1.54, 1.807) is 12.3 Å². The maximum absolute atomic E-state index is 12.2. The summed E-state index contributed by atoms with van der Waals surface area (Å²) in [5, 5.41) is 2.40. The van der Waals surface area contributed by atoms with Crippen LogP contribution in [0, 0.1) is 0 Å². The Morgan fingerprint density at radius 3 is 2.26 bits per heavy atom. The van der Waals surface area contributed by atoms with Crippen LogP contribution in [0.3, 0.4) is 0 Å². The topological polar surface area (TPSA) is 91.3 Å². The van der Waals surface area contributed by atoms with Crippen molar-refractivity contribution in [1.82, 2.24) is 19.9 Å². The highest BCUT2D eigenvalue weighted by atomic mass is 16.2. The molecule has 3 heterocycles. The van der Waals surface area contributed by atoms with E-state index in [9.17, 15) is 9.59 Å². The molecular formula is C15H16N6O2. The lowest BCUT2D eigenvalue weighted by Crippen LogP contribution is -2.51. The van der Waals surface area contributed by atoms with E-state index in [-0.39, 0.29) is 5.95 Å². The minimum absolute atomic E-state index is 0.123. The molecule has 23 heavy (non-hydrogen) atoms. The van der Waals surface area contributed by atoms with Gasteiger partial charge in [-0.2, -0.15) is 0 Å². The van der Waals surface area contributed by atoms with Gasteiger partial charge >= 0.3 is 11.8 Å². The van der Waals surface area contributed by atoms with Crippen molar-refractivity contribution in [2.75, 3.05) is 36.4 Å². The average molecular weight is 312 g/mol. The van der Waals surface area contributed by atoms with Gasteiger partial charge in [-0.1, -0.05) is 6.07 Å². The molecular weight excluding hydrogens is 296 g/mol. The number of piperazine rings is 1. The molecule has 0 saturated carbocycles. The Morgan fingerprint density at radius 1 is 0.913 bits per heavy atom. The number of carbonyl (C=O) groups excluding carboxylic acids is 2. The minimum atomic E-state index is -0.720. The van der Waals surface area contributed by atoms with Crippen molar-refractivity contribution >= 4 is 23.6 Å². The number of aromatic nitrogens is 3. The summed E-state index contributed by atoms with van der Waals surface area (Å²) >= 11 is 0. The van der Waals surface area contributed by atoms with Gasteiger partial charge in [0.05, 0.1) is 0 Å². The summed E-state index contributed by atoms with van der Waals surface area (Å²) in [6, 6.07) is 7.34. The molecule has 0 spiro atoms. The third-order valence-electron chi connectivity index (χ3n) is 3.53. The highest BCUT2D eigenvalue weighted by Crippen LogP contribution is 2.12. The normalized spacial score (nSPS) is 14.4. The Labute approximate surface area is 133 Å². The van der Waals surface area contributed by atoms with Crippen LogP contribution in [-0.2, 0) is 9.59 Å². The fraction of sp³-hybridized carbons (Fsp3) is 0.267. The number of rotatable bonds is 2. The molecule has 8 heteroatoms. The van der Waals surface area contributed by atoms with E-state index >= 15 is 0 Å². The number of nitrogens with zero attached hydrogens (tertiary/aromatic N) is 5. The van der Waals surface area contributed by atoms with Gasteiger partial charge in [0.1, 0.15) is 5.82 Å². The first kappa shape index (κ1) is 14.9. The first-order valence-corrected chi connectivity index (χ1v) is 7.27. The summed E-state index contributed by atoms with van der Waals surface area (Å²) < 4.78 is 0. The fourth-order valence-electron chi connectivity index (χ4n) is 2.34. The van der Waals surface area contributed by atoms with Crippen LogP contribution in [0.15, 0.2) is 42.9 Å². The van der Waals surface area contributed by atoms with Crippen molar-refractivity contribution in [3.8, 4) is 0 Å². The zero-order valence-corrected chi connectivity index (χ0v) is 12.4. The summed E-state index contributed by atoms with van der Waals surface area (Å²) in [6.45, 7) is 2.21. The quantitative estimate of drug-likeness (QED) is 0.794. The number of pyridine rings is 1. The van der Waals surface area contributed by atoms with Gasteiger partial charge in [-0.15, -0.1) is 0 Å². The molecule has 3 rings (SSSR count). The molecule has 1 saturated heterocycles. The maximum Gasteiger partial charge on any atom is 0.316 e. The monoisotopic (exact) mass is 312 g/mol. The molecule has 0 unspecified atom stereocenters. The fourth-order valence-corrected chi connectivity index (χ4v) is 2.34. The maximum atomic E-state index is 12.2. The van der Waals surface area contributed by atoms with E-state index in [2.05, 4.69) is 25.2 Å². The number of hydrogen-bond acceptors (Lipinski definition) is 6. The van der Waals surface area contributed by atoms with Gasteiger partial charge in [0.2, 0.25) is 5.95 Å². The average Bonchev–Trinajstić information content (AvgIpc) is 2.63. The third kappa shape index (κ3) is 3.60. The molecule has 1 aliphatic heterocycles. The molecule has 0 aliphatic carbocycles. The number of nitrogens with one attached hydrogen (secondary N) is 1. The van der Waals surface area contributed by atoms with Crippen molar-refractivity contribution in [1.29, 1.82) is 0 Å². The van der Waals surface area contributed by atoms with Crippen molar-refractivity contribution in [2.45, 2.75) is 0 Å². The zero-order valence-electron chi connectivity index (χ0n) is 12.4. The van der Waals surface area contributed by atoms with Gasteiger partial charge in [-0.3, -0.25) is 14.9 Å². The molecule has 1 N–H and O–H groups in total. The number of carbonyl (C=O) groups is 2. The van der Waals surface area contributed by atoms with Crippen LogP contribution >= 0.6 is 0 Å². The molecule has 0 atom stereocenters. The van der Waals surface area contributed by atoms with Crippen LogP contribution in [-0.4, -0.2) is 57.8 Å². The molecule has 2 amide bonds. The summed E-state index contributed by atoms with van der Waals surface area (Å²) in [4.78, 5) is 39.8. The van der Waals surface area contributed by atoms with Crippen LogP contribution in [0.25, 0.3) is 0 Å². The van der Waals surface area contributed by atoms with E-state index in [0.717, 1.165) is 5.82 Å². The van der Waals surface area contributed by atoms with E-state index in [1.165, 1.54) is 17.3 Å². The Morgan fingerprint density at radius 2 is 1.61 bits per heavy atom. The van der Waals surface area contributed by atoms with Gasteiger partial charge < -0.3 is 9.80 Å². The van der Waals surface area contributed by atoms with E-state index < -0.39 is 11.8 Å². The largest absolute Gasteiger partial charge is 0.353 e. The second-order valence-electron chi connectivity index (χ2n) is 4.99. The van der Waals surface area contributed by atoms with E-state index in [0.29, 0.717) is 26.2 Å². The highest BCUT2D eigenvalue weighted by molar-refractivity contribution is 6.39.